The maximum Gasteiger partial charge on any atom is 0.266 e. The molecule has 2 N–H and O–H groups in total. The molecule has 0 saturated heterocycles. The van der Waals surface area contributed by atoms with Crippen molar-refractivity contribution in [1.82, 2.24) is 4.90 Å². The van der Waals surface area contributed by atoms with Crippen LogP contribution in [0.2, 0.25) is 0 Å². The van der Waals surface area contributed by atoms with Crippen molar-refractivity contribution in [3.05, 3.63) is 190 Å². The second kappa shape index (κ2) is 22.4. The summed E-state index contributed by atoms with van der Waals surface area (Å²) in [6.45, 7) is 28.2. The average Bonchev–Trinajstić information content (AvgIpc) is 0.681. The lowest BCUT2D eigenvalue weighted by molar-refractivity contribution is 0.0606. The molecule has 0 radical (unpaired) electrons. The first-order valence-corrected chi connectivity index (χ1v) is 31.3. The van der Waals surface area contributed by atoms with Crippen molar-refractivity contribution < 1.29 is 38.1 Å². The minimum Gasteiger partial charge on any atom is -0.457 e. The van der Waals surface area contributed by atoms with Gasteiger partial charge < -0.3 is 24.7 Å². The van der Waals surface area contributed by atoms with Crippen LogP contribution in [0.4, 0.5) is 11.4 Å². The van der Waals surface area contributed by atoms with E-state index >= 15 is 19.2 Å². The fourth-order valence-corrected chi connectivity index (χ4v) is 12.6. The fraction of sp³-hybridized carbons (Fsp3) is 0.308. The van der Waals surface area contributed by atoms with Gasteiger partial charge in [0.25, 0.3) is 23.6 Å². The van der Waals surface area contributed by atoms with Crippen LogP contribution in [0.3, 0.4) is 0 Å². The van der Waals surface area contributed by atoms with Crippen LogP contribution < -0.4 is 29.6 Å². The second-order valence-electron chi connectivity index (χ2n) is 28.3. The number of carbonyl (C=O) groups excluding carboxylic acids is 4. The molecule has 0 aromatic heterocycles. The Morgan fingerprint density at radius 3 is 0.910 bits per heavy atom. The van der Waals surface area contributed by atoms with Gasteiger partial charge >= 0.3 is 0 Å². The highest BCUT2D eigenvalue weighted by Gasteiger charge is 2.42. The van der Waals surface area contributed by atoms with Crippen LogP contribution in [0.1, 0.15) is 192 Å². The summed E-state index contributed by atoms with van der Waals surface area (Å²) in [5.74, 6) is 0.855. The van der Waals surface area contributed by atoms with Gasteiger partial charge in [-0.2, -0.15) is 0 Å². The van der Waals surface area contributed by atoms with Crippen LogP contribution in [0, 0.1) is 0 Å². The van der Waals surface area contributed by atoms with Gasteiger partial charge in [-0.1, -0.05) is 171 Å². The second-order valence-corrected chi connectivity index (χ2v) is 28.3. The number of nitrogen functional groups attached to an aromatic ring is 1. The number of hydrogen-bond donors (Lipinski definition) is 1. The molecule has 0 atom stereocenters. The molecule has 0 aliphatic carbocycles. The zero-order chi connectivity index (χ0) is 63.2. The summed E-state index contributed by atoms with van der Waals surface area (Å²) in [6, 6.07) is 45.2. The number of rotatable bonds is 16. The normalized spacial score (nSPS) is 13.9. The smallest absolute Gasteiger partial charge is 0.266 e. The number of anilines is 2. The zero-order valence-corrected chi connectivity index (χ0v) is 53.5. The number of unbranched alkanes of at least 4 members (excludes halogenated alkanes) is 5. The van der Waals surface area contributed by atoms with Crippen molar-refractivity contribution in [2.24, 2.45) is 0 Å². The molecular weight excluding hydrogens is 1110 g/mol. The van der Waals surface area contributed by atoms with Gasteiger partial charge in [-0.15, -0.1) is 0 Å². The number of hydrogen-bond acceptors (Lipinski definition) is 9. The van der Waals surface area contributed by atoms with Gasteiger partial charge in [-0.05, 0) is 147 Å². The molecule has 11 heteroatoms. The van der Waals surface area contributed by atoms with Gasteiger partial charge in [0.1, 0.15) is 46.0 Å². The molecule has 0 saturated carbocycles. The molecular formula is C78H79N3O8. The van der Waals surface area contributed by atoms with Crippen molar-refractivity contribution in [3.8, 4) is 46.0 Å². The minimum absolute atomic E-state index is 0.172. The fourth-order valence-electron chi connectivity index (χ4n) is 12.6. The van der Waals surface area contributed by atoms with Crippen LogP contribution in [0.5, 0.6) is 46.0 Å². The standard InChI is InChI=1S/C78H79N3O8/c1-14-15-16-17-18-19-40-80-71(82)55-41-59(86-51-32-20-45(21-33-51)75(2,3)4)65-67-61(88-53-36-24-47(25-37-53)77(8,9)10)43-57-64-58(74(85)81(73(57)84)50-30-28-49(79)29-31-50)44-62(89-54-38-26-48(27-39-54)78(11,12)13)68(70(64)67)66-60(42-56(72(80)83)63(55)69(65)66)87-52-34-22-46(23-35-52)76(5,6)7/h20-39,41-44H,14-19,40,79H2,1-13H3. The average molecular weight is 1190 g/mol. The number of ether oxygens (including phenoxy) is 4. The van der Waals surface area contributed by atoms with Gasteiger partial charge in [0.15, 0.2) is 0 Å². The molecule has 10 aromatic carbocycles. The summed E-state index contributed by atoms with van der Waals surface area (Å²) >= 11 is 0. The summed E-state index contributed by atoms with van der Waals surface area (Å²) < 4.78 is 29.1. The zero-order valence-electron chi connectivity index (χ0n) is 53.5. The van der Waals surface area contributed by atoms with E-state index in [0.717, 1.165) is 54.4 Å². The van der Waals surface area contributed by atoms with Crippen LogP contribution in [0.25, 0.3) is 43.1 Å². The first kappa shape index (κ1) is 60.1. The Kier molecular flexibility index (Phi) is 15.1. The molecule has 2 aliphatic heterocycles. The van der Waals surface area contributed by atoms with E-state index in [4.69, 9.17) is 24.7 Å². The molecule has 0 spiro atoms. The van der Waals surface area contributed by atoms with Crippen LogP contribution in [-0.4, -0.2) is 35.1 Å². The van der Waals surface area contributed by atoms with Crippen molar-refractivity contribution in [2.75, 3.05) is 17.2 Å². The highest BCUT2D eigenvalue weighted by molar-refractivity contribution is 6.46. The first-order chi connectivity index (χ1) is 42.2. The molecule has 0 unspecified atom stereocenters. The van der Waals surface area contributed by atoms with E-state index in [1.165, 1.54) is 9.80 Å². The van der Waals surface area contributed by atoms with Crippen molar-refractivity contribution in [2.45, 2.75) is 150 Å². The summed E-state index contributed by atoms with van der Waals surface area (Å²) in [5, 5.41) is 3.46. The molecule has 11 nitrogen and oxygen atoms in total. The topological polar surface area (TPSA) is 138 Å². The third-order valence-electron chi connectivity index (χ3n) is 17.7. The lowest BCUT2D eigenvalue weighted by Crippen LogP contribution is -2.41. The molecule has 12 rings (SSSR count). The van der Waals surface area contributed by atoms with Gasteiger partial charge in [0.05, 0.1) is 27.9 Å². The number of nitrogens with two attached hydrogens (primary N) is 1. The van der Waals surface area contributed by atoms with Gasteiger partial charge in [-0.3, -0.25) is 24.1 Å². The van der Waals surface area contributed by atoms with E-state index in [0.29, 0.717) is 83.9 Å². The Balaban J connectivity index is 1.26. The summed E-state index contributed by atoms with van der Waals surface area (Å²) in [4.78, 5) is 65.4. The molecule has 2 aliphatic rings. The Morgan fingerprint density at radius 2 is 0.618 bits per heavy atom. The Morgan fingerprint density at radius 1 is 0.337 bits per heavy atom. The molecule has 0 fully saturated rings. The lowest BCUT2D eigenvalue weighted by Gasteiger charge is -2.32. The SMILES string of the molecule is CCCCCCCCN1C(=O)c2cc(Oc3ccc(C(C)(C)C)cc3)c3c4c(Oc5ccc(C(C)(C)C)cc5)cc5c6c(cc(Oc7ccc(C(C)(C)C)cc7)c(c7c(Oc8ccc(C(C)(C)C)cc8)cc(c2c37)C1=O)c64)C(=O)N(c1ccc(N)cc1)C5=O. The molecule has 89 heavy (non-hydrogen) atoms. The molecule has 4 amide bonds. The number of imide groups is 2. The first-order valence-electron chi connectivity index (χ1n) is 31.3. The Hall–Kier alpha value is -9.22. The van der Waals surface area contributed by atoms with E-state index in [2.05, 4.69) is 90.0 Å². The lowest BCUT2D eigenvalue weighted by atomic mass is 9.80. The van der Waals surface area contributed by atoms with Gasteiger partial charge in [0, 0.05) is 55.3 Å². The monoisotopic (exact) mass is 1190 g/mol. The Bertz CT molecular complexity index is 4190. The third kappa shape index (κ3) is 11.1. The van der Waals surface area contributed by atoms with Gasteiger partial charge in [-0.25, -0.2) is 4.90 Å². The van der Waals surface area contributed by atoms with Crippen LogP contribution in [-0.2, 0) is 21.7 Å². The van der Waals surface area contributed by atoms with E-state index in [1.807, 2.05) is 97.1 Å². The van der Waals surface area contributed by atoms with Crippen molar-refractivity contribution >= 4 is 78.1 Å². The summed E-state index contributed by atoms with van der Waals surface area (Å²) in [7, 11) is 0. The maximum absolute atomic E-state index is 15.8. The van der Waals surface area contributed by atoms with Crippen LogP contribution in [0.15, 0.2) is 146 Å². The Labute approximate surface area is 522 Å². The highest BCUT2D eigenvalue weighted by atomic mass is 16.5. The number of benzene rings is 10. The van der Waals surface area contributed by atoms with E-state index < -0.39 is 23.6 Å². The van der Waals surface area contributed by atoms with E-state index in [1.54, 1.807) is 48.5 Å². The predicted molar refractivity (Wildman–Crippen MR) is 359 cm³/mol. The minimum atomic E-state index is -0.590. The summed E-state index contributed by atoms with van der Waals surface area (Å²) in [6.07, 6.45) is 5.76. The van der Waals surface area contributed by atoms with E-state index in [9.17, 15) is 0 Å². The number of carbonyl (C=O) groups is 4. The predicted octanol–water partition coefficient (Wildman–Crippen LogP) is 20.4. The van der Waals surface area contributed by atoms with Crippen LogP contribution >= 0.6 is 0 Å². The maximum atomic E-state index is 15.8. The van der Waals surface area contributed by atoms with Crippen molar-refractivity contribution in [3.63, 3.8) is 0 Å². The quantitative estimate of drug-likeness (QED) is 0.0329. The molecule has 2 heterocycles. The van der Waals surface area contributed by atoms with Gasteiger partial charge in [0.2, 0.25) is 0 Å². The van der Waals surface area contributed by atoms with Crippen molar-refractivity contribution in [1.29, 1.82) is 0 Å². The number of nitrogens with zero attached hydrogens (tertiary/aromatic N) is 2. The molecule has 454 valence electrons. The molecule has 0 bridgehead atoms. The third-order valence-corrected chi connectivity index (χ3v) is 17.7. The molecule has 10 aromatic rings. The summed E-state index contributed by atoms with van der Waals surface area (Å²) in [5.41, 5.74) is 11.6. The number of fused-ring (bicyclic) bond motifs is 2. The van der Waals surface area contributed by atoms with E-state index in [-0.39, 0.29) is 73.5 Å². The highest BCUT2D eigenvalue weighted by Crippen LogP contribution is 2.58. The number of amides is 4. The largest absolute Gasteiger partial charge is 0.457 e.